The minimum absolute atomic E-state index is 0.108. The normalized spacial score (nSPS) is 21.2. The second-order valence-corrected chi connectivity index (χ2v) is 10.5. The molecule has 1 atom stereocenters. The molecule has 1 aliphatic carbocycles. The fourth-order valence-corrected chi connectivity index (χ4v) is 6.53. The van der Waals surface area contributed by atoms with E-state index in [1.165, 1.54) is 30.6 Å². The number of amides is 1. The summed E-state index contributed by atoms with van der Waals surface area (Å²) in [6, 6.07) is 2.56. The number of thiophene rings is 1. The minimum Gasteiger partial charge on any atom is -0.498 e. The topological polar surface area (TPSA) is 74.4 Å². The van der Waals surface area contributed by atoms with E-state index in [9.17, 15) is 9.59 Å². The Labute approximate surface area is 200 Å². The first-order valence-electron chi connectivity index (χ1n) is 11.8. The lowest BCUT2D eigenvalue weighted by molar-refractivity contribution is 0.0950. The predicted molar refractivity (Wildman–Crippen MR) is 133 cm³/mol. The van der Waals surface area contributed by atoms with Gasteiger partial charge in [0.1, 0.15) is 5.76 Å². The summed E-state index contributed by atoms with van der Waals surface area (Å²) in [5.41, 5.74) is 4.02. The SMILES string of the molecule is COC1=CN([C@H]2CC[C@H]([C@H](C)c3scc(C(=O)NCc4c(C)cc(C)[nH]c4=O)c3C)CC2)C1. The molecule has 7 heteroatoms. The summed E-state index contributed by atoms with van der Waals surface area (Å²) in [5, 5.41) is 4.93. The molecule has 0 radical (unpaired) electrons. The lowest BCUT2D eigenvalue weighted by atomic mass is 9.77. The third-order valence-electron chi connectivity index (χ3n) is 7.48. The van der Waals surface area contributed by atoms with Crippen LogP contribution in [0.25, 0.3) is 0 Å². The van der Waals surface area contributed by atoms with Crippen LogP contribution in [0, 0.1) is 26.7 Å². The predicted octanol–water partition coefficient (Wildman–Crippen LogP) is 4.76. The number of hydrogen-bond acceptors (Lipinski definition) is 5. The van der Waals surface area contributed by atoms with Crippen molar-refractivity contribution in [2.75, 3.05) is 13.7 Å². The molecular weight excluding hydrogens is 434 g/mol. The van der Waals surface area contributed by atoms with Gasteiger partial charge in [0.05, 0.1) is 19.2 Å². The average Bonchev–Trinajstić information content (AvgIpc) is 3.13. The number of hydrogen-bond donors (Lipinski definition) is 2. The highest BCUT2D eigenvalue weighted by atomic mass is 32.1. The number of carbonyl (C=O) groups is 1. The van der Waals surface area contributed by atoms with Gasteiger partial charge < -0.3 is 19.9 Å². The van der Waals surface area contributed by atoms with E-state index in [1.54, 1.807) is 18.4 Å². The lowest BCUT2D eigenvalue weighted by Gasteiger charge is -2.42. The van der Waals surface area contributed by atoms with Crippen molar-refractivity contribution in [3.05, 3.63) is 66.6 Å². The van der Waals surface area contributed by atoms with Crippen LogP contribution in [0.2, 0.25) is 0 Å². The van der Waals surface area contributed by atoms with Gasteiger partial charge in [-0.25, -0.2) is 0 Å². The first-order valence-corrected chi connectivity index (χ1v) is 12.7. The third kappa shape index (κ3) is 4.88. The summed E-state index contributed by atoms with van der Waals surface area (Å²) in [7, 11) is 1.74. The molecule has 2 aromatic rings. The minimum atomic E-state index is -0.132. The van der Waals surface area contributed by atoms with E-state index >= 15 is 0 Å². The highest BCUT2D eigenvalue weighted by molar-refractivity contribution is 7.10. The number of aryl methyl sites for hydroxylation is 2. The van der Waals surface area contributed by atoms with Gasteiger partial charge in [-0.05, 0) is 75.5 Å². The zero-order valence-electron chi connectivity index (χ0n) is 20.3. The first kappa shape index (κ1) is 23.6. The Morgan fingerprint density at radius 3 is 2.61 bits per heavy atom. The highest BCUT2D eigenvalue weighted by Gasteiger charge is 2.32. The molecule has 6 nitrogen and oxygen atoms in total. The molecule has 3 heterocycles. The van der Waals surface area contributed by atoms with E-state index in [-0.39, 0.29) is 18.0 Å². The number of H-pyrrole nitrogens is 1. The highest BCUT2D eigenvalue weighted by Crippen LogP contribution is 2.41. The molecule has 0 aromatic carbocycles. The van der Waals surface area contributed by atoms with Crippen LogP contribution >= 0.6 is 11.3 Å². The molecule has 2 N–H and O–H groups in total. The van der Waals surface area contributed by atoms with E-state index in [0.29, 0.717) is 23.4 Å². The molecule has 178 valence electrons. The van der Waals surface area contributed by atoms with E-state index in [1.807, 2.05) is 25.3 Å². The fourth-order valence-electron chi connectivity index (χ4n) is 5.31. The maximum Gasteiger partial charge on any atom is 0.253 e. The Kier molecular flexibility index (Phi) is 6.98. The number of nitrogens with zero attached hydrogens (tertiary/aromatic N) is 1. The molecule has 0 saturated heterocycles. The summed E-state index contributed by atoms with van der Waals surface area (Å²) in [4.78, 5) is 31.7. The summed E-state index contributed by atoms with van der Waals surface area (Å²) in [5.74, 6) is 2.06. The zero-order valence-corrected chi connectivity index (χ0v) is 21.1. The first-order chi connectivity index (χ1) is 15.8. The Hall–Kier alpha value is -2.54. The van der Waals surface area contributed by atoms with E-state index in [2.05, 4.69) is 35.2 Å². The molecule has 1 amide bonds. The molecule has 1 aliphatic heterocycles. The van der Waals surface area contributed by atoms with Crippen LogP contribution in [0.1, 0.15) is 76.1 Å². The van der Waals surface area contributed by atoms with Crippen molar-refractivity contribution in [1.29, 1.82) is 0 Å². The van der Waals surface area contributed by atoms with Gasteiger partial charge in [0.15, 0.2) is 0 Å². The Balaban J connectivity index is 1.36. The Bertz CT molecular complexity index is 1110. The van der Waals surface area contributed by atoms with E-state index < -0.39 is 0 Å². The fraction of sp³-hybridized carbons (Fsp3) is 0.538. The molecule has 0 spiro atoms. The monoisotopic (exact) mass is 469 g/mol. The van der Waals surface area contributed by atoms with Crippen LogP contribution in [0.4, 0.5) is 0 Å². The van der Waals surface area contributed by atoms with Gasteiger partial charge in [-0.1, -0.05) is 6.92 Å². The molecule has 0 bridgehead atoms. The molecule has 2 aromatic heterocycles. The van der Waals surface area contributed by atoms with Crippen LogP contribution in [0.3, 0.4) is 0 Å². The number of aromatic amines is 1. The maximum absolute atomic E-state index is 12.9. The molecule has 4 rings (SSSR count). The Morgan fingerprint density at radius 1 is 1.27 bits per heavy atom. The van der Waals surface area contributed by atoms with Crippen molar-refractivity contribution in [2.45, 2.75) is 71.9 Å². The van der Waals surface area contributed by atoms with Crippen molar-refractivity contribution in [3.63, 3.8) is 0 Å². The van der Waals surface area contributed by atoms with Gasteiger partial charge in [0.2, 0.25) is 0 Å². The van der Waals surface area contributed by atoms with E-state index in [0.717, 1.165) is 34.7 Å². The molecule has 1 fully saturated rings. The van der Waals surface area contributed by atoms with Gasteiger partial charge in [0, 0.05) is 40.3 Å². The number of methoxy groups -OCH3 is 1. The molecular formula is C26H35N3O3S. The summed E-state index contributed by atoms with van der Waals surface area (Å²) in [6.45, 7) is 9.32. The van der Waals surface area contributed by atoms with Crippen molar-refractivity contribution in [3.8, 4) is 0 Å². The summed E-state index contributed by atoms with van der Waals surface area (Å²) >= 11 is 1.70. The number of pyridine rings is 1. The maximum atomic E-state index is 12.9. The van der Waals surface area contributed by atoms with Crippen molar-refractivity contribution in [1.82, 2.24) is 15.2 Å². The van der Waals surface area contributed by atoms with Crippen LogP contribution < -0.4 is 10.9 Å². The van der Waals surface area contributed by atoms with Crippen LogP contribution in [-0.2, 0) is 11.3 Å². The quantitative estimate of drug-likeness (QED) is 0.613. The number of rotatable bonds is 7. The van der Waals surface area contributed by atoms with E-state index in [4.69, 9.17) is 4.74 Å². The second kappa shape index (κ2) is 9.75. The van der Waals surface area contributed by atoms with Gasteiger partial charge in [-0.3, -0.25) is 9.59 Å². The Morgan fingerprint density at radius 2 is 1.97 bits per heavy atom. The number of ether oxygens (including phenoxy) is 1. The standard InChI is InChI=1S/C26H35N3O3S/c1-15-10-16(2)28-26(31)22(15)11-27-25(30)23-14-33-24(18(23)4)17(3)19-6-8-20(9-7-19)29-12-21(13-29)32-5/h10,12,14,17,19-20H,6-9,11,13H2,1-5H3,(H,27,30)(H,28,31)/t17-,19-,20-/m0/s1. The van der Waals surface area contributed by atoms with Crippen LogP contribution in [0.5, 0.6) is 0 Å². The molecule has 0 unspecified atom stereocenters. The summed E-state index contributed by atoms with van der Waals surface area (Å²) < 4.78 is 5.29. The number of nitrogens with one attached hydrogen (secondary N) is 2. The second-order valence-electron chi connectivity index (χ2n) is 9.59. The molecule has 1 saturated carbocycles. The van der Waals surface area contributed by atoms with Crippen molar-refractivity contribution < 1.29 is 9.53 Å². The largest absolute Gasteiger partial charge is 0.498 e. The van der Waals surface area contributed by atoms with Gasteiger partial charge in [-0.15, -0.1) is 11.3 Å². The van der Waals surface area contributed by atoms with Crippen LogP contribution in [0.15, 0.2) is 28.2 Å². The smallest absolute Gasteiger partial charge is 0.253 e. The van der Waals surface area contributed by atoms with Gasteiger partial charge >= 0.3 is 0 Å². The lowest BCUT2D eigenvalue weighted by Crippen LogP contribution is -2.41. The average molecular weight is 470 g/mol. The molecule has 33 heavy (non-hydrogen) atoms. The number of aromatic nitrogens is 1. The molecule has 2 aliphatic rings. The third-order valence-corrected chi connectivity index (χ3v) is 8.77. The van der Waals surface area contributed by atoms with Gasteiger partial charge in [-0.2, -0.15) is 0 Å². The van der Waals surface area contributed by atoms with Crippen molar-refractivity contribution >= 4 is 17.2 Å². The van der Waals surface area contributed by atoms with Crippen molar-refractivity contribution in [2.24, 2.45) is 5.92 Å². The zero-order chi connectivity index (χ0) is 23.7. The summed E-state index contributed by atoms with van der Waals surface area (Å²) in [6.07, 6.45) is 7.00. The number of carbonyl (C=O) groups excluding carboxylic acids is 1. The van der Waals surface area contributed by atoms with Gasteiger partial charge in [0.25, 0.3) is 11.5 Å². The van der Waals surface area contributed by atoms with Crippen LogP contribution in [-0.4, -0.2) is 35.5 Å².